The second kappa shape index (κ2) is 7.86. The molecule has 24 heavy (non-hydrogen) atoms. The molecule has 0 fully saturated rings. The number of rotatable bonds is 6. The molecule has 0 spiro atoms. The van der Waals surface area contributed by atoms with Crippen LogP contribution in [0.1, 0.15) is 17.4 Å². The lowest BCUT2D eigenvalue weighted by Gasteiger charge is -2.08. The maximum Gasteiger partial charge on any atom is 0.158 e. The van der Waals surface area contributed by atoms with Gasteiger partial charge in [0.1, 0.15) is 25.0 Å². The smallest absolute Gasteiger partial charge is 0.158 e. The Morgan fingerprint density at radius 1 is 1.00 bits per heavy atom. The summed E-state index contributed by atoms with van der Waals surface area (Å²) in [5.41, 5.74) is 1.69. The van der Waals surface area contributed by atoms with Gasteiger partial charge < -0.3 is 14.8 Å². The SMILES string of the molecule is O[C@H](C[NH2+]Cc1ccc(-c2cc(Cl)ccc2Cl)o1)c1ccccc1. The van der Waals surface area contributed by atoms with Gasteiger partial charge in [-0.05, 0) is 35.9 Å². The summed E-state index contributed by atoms with van der Waals surface area (Å²) < 4.78 is 5.84. The quantitative estimate of drug-likeness (QED) is 0.694. The number of aliphatic hydroxyl groups excluding tert-OH is 1. The first-order valence-corrected chi connectivity index (χ1v) is 8.48. The van der Waals surface area contributed by atoms with Crippen molar-refractivity contribution in [2.45, 2.75) is 12.6 Å². The summed E-state index contributed by atoms with van der Waals surface area (Å²) in [6, 6.07) is 18.7. The highest BCUT2D eigenvalue weighted by atomic mass is 35.5. The Morgan fingerprint density at radius 3 is 2.58 bits per heavy atom. The van der Waals surface area contributed by atoms with Crippen molar-refractivity contribution < 1.29 is 14.8 Å². The van der Waals surface area contributed by atoms with Crippen molar-refractivity contribution in [3.63, 3.8) is 0 Å². The minimum absolute atomic E-state index is 0.497. The molecule has 0 aliphatic rings. The Morgan fingerprint density at radius 2 is 1.79 bits per heavy atom. The van der Waals surface area contributed by atoms with E-state index in [9.17, 15) is 5.11 Å². The fraction of sp³-hybridized carbons (Fsp3) is 0.158. The molecule has 1 atom stereocenters. The average molecular weight is 363 g/mol. The number of hydrogen-bond acceptors (Lipinski definition) is 2. The first-order valence-electron chi connectivity index (χ1n) is 7.72. The van der Waals surface area contributed by atoms with E-state index >= 15 is 0 Å². The Hall–Kier alpha value is -1.78. The molecule has 0 aliphatic carbocycles. The van der Waals surface area contributed by atoms with Gasteiger partial charge in [-0.25, -0.2) is 0 Å². The van der Waals surface area contributed by atoms with E-state index in [4.69, 9.17) is 27.6 Å². The van der Waals surface area contributed by atoms with Crippen molar-refractivity contribution in [3.05, 3.63) is 82.0 Å². The summed E-state index contributed by atoms with van der Waals surface area (Å²) in [4.78, 5) is 0. The highest BCUT2D eigenvalue weighted by molar-refractivity contribution is 6.35. The summed E-state index contributed by atoms with van der Waals surface area (Å²) in [6.45, 7) is 1.21. The van der Waals surface area contributed by atoms with E-state index in [1.807, 2.05) is 47.8 Å². The maximum atomic E-state index is 10.2. The van der Waals surface area contributed by atoms with Gasteiger partial charge in [0.25, 0.3) is 0 Å². The van der Waals surface area contributed by atoms with Crippen LogP contribution in [0.5, 0.6) is 0 Å². The van der Waals surface area contributed by atoms with Crippen molar-refractivity contribution >= 4 is 23.2 Å². The molecule has 3 aromatic rings. The molecule has 0 saturated carbocycles. The van der Waals surface area contributed by atoms with Gasteiger partial charge in [0.2, 0.25) is 0 Å². The van der Waals surface area contributed by atoms with Crippen LogP contribution in [-0.2, 0) is 6.54 Å². The molecule has 3 rings (SSSR count). The molecule has 0 saturated heterocycles. The predicted molar refractivity (Wildman–Crippen MR) is 96.1 cm³/mol. The molecule has 124 valence electrons. The zero-order valence-electron chi connectivity index (χ0n) is 13.0. The van der Waals surface area contributed by atoms with Crippen LogP contribution in [0.3, 0.4) is 0 Å². The molecule has 0 radical (unpaired) electrons. The number of halogens is 2. The Bertz CT molecular complexity index is 802. The molecule has 5 heteroatoms. The highest BCUT2D eigenvalue weighted by Crippen LogP contribution is 2.31. The zero-order valence-corrected chi connectivity index (χ0v) is 14.5. The topological polar surface area (TPSA) is 50.0 Å². The summed E-state index contributed by atoms with van der Waals surface area (Å²) in [5.74, 6) is 1.51. The van der Waals surface area contributed by atoms with E-state index in [-0.39, 0.29) is 0 Å². The number of hydrogen-bond donors (Lipinski definition) is 2. The number of nitrogens with two attached hydrogens (primary N) is 1. The van der Waals surface area contributed by atoms with Gasteiger partial charge in [0, 0.05) is 10.6 Å². The van der Waals surface area contributed by atoms with Gasteiger partial charge in [-0.1, -0.05) is 53.5 Å². The van der Waals surface area contributed by atoms with Gasteiger partial charge in [0.05, 0.1) is 5.02 Å². The Kier molecular flexibility index (Phi) is 5.59. The maximum absolute atomic E-state index is 10.2. The fourth-order valence-corrected chi connectivity index (χ4v) is 2.90. The highest BCUT2D eigenvalue weighted by Gasteiger charge is 2.12. The van der Waals surface area contributed by atoms with E-state index in [0.29, 0.717) is 28.9 Å². The van der Waals surface area contributed by atoms with Crippen LogP contribution >= 0.6 is 23.2 Å². The Labute approximate surface area is 150 Å². The largest absolute Gasteiger partial charge is 0.455 e. The normalized spacial score (nSPS) is 12.3. The van der Waals surface area contributed by atoms with Crippen LogP contribution in [0.25, 0.3) is 11.3 Å². The lowest BCUT2D eigenvalue weighted by Crippen LogP contribution is -2.83. The van der Waals surface area contributed by atoms with Crippen molar-refractivity contribution in [1.29, 1.82) is 0 Å². The van der Waals surface area contributed by atoms with Crippen LogP contribution in [0.4, 0.5) is 0 Å². The van der Waals surface area contributed by atoms with Gasteiger partial charge in [-0.15, -0.1) is 0 Å². The number of furan rings is 1. The third kappa shape index (κ3) is 4.19. The summed E-state index contributed by atoms with van der Waals surface area (Å²) in [5, 5.41) is 13.4. The molecule has 3 nitrogen and oxygen atoms in total. The van der Waals surface area contributed by atoms with E-state index in [1.54, 1.807) is 18.2 Å². The van der Waals surface area contributed by atoms with E-state index in [1.165, 1.54) is 0 Å². The Balaban J connectivity index is 1.59. The molecule has 0 bridgehead atoms. The minimum Gasteiger partial charge on any atom is -0.455 e. The summed E-state index contributed by atoms with van der Waals surface area (Å²) >= 11 is 12.2. The number of aliphatic hydroxyl groups is 1. The molecular formula is C19H18Cl2NO2+. The second-order valence-corrected chi connectivity index (χ2v) is 6.39. The minimum atomic E-state index is -0.497. The molecule has 2 aromatic carbocycles. The van der Waals surface area contributed by atoms with Crippen molar-refractivity contribution in [2.75, 3.05) is 6.54 Å². The predicted octanol–water partition coefficient (Wildman–Crippen LogP) is 4.05. The molecule has 0 unspecified atom stereocenters. The summed E-state index contributed by atoms with van der Waals surface area (Å²) in [7, 11) is 0. The molecule has 1 aromatic heterocycles. The average Bonchev–Trinajstić information content (AvgIpc) is 3.06. The monoisotopic (exact) mass is 362 g/mol. The van der Waals surface area contributed by atoms with Gasteiger partial charge in [-0.2, -0.15) is 0 Å². The molecule has 0 amide bonds. The van der Waals surface area contributed by atoms with Gasteiger partial charge in [0.15, 0.2) is 5.76 Å². The number of quaternary nitrogens is 1. The lowest BCUT2D eigenvalue weighted by molar-refractivity contribution is -0.679. The first-order chi connectivity index (χ1) is 11.6. The van der Waals surface area contributed by atoms with Crippen molar-refractivity contribution in [2.24, 2.45) is 0 Å². The van der Waals surface area contributed by atoms with Crippen molar-refractivity contribution in [1.82, 2.24) is 0 Å². The number of benzene rings is 2. The second-order valence-electron chi connectivity index (χ2n) is 5.55. The van der Waals surface area contributed by atoms with Crippen LogP contribution in [0, 0.1) is 0 Å². The lowest BCUT2D eigenvalue weighted by atomic mass is 10.1. The molecular weight excluding hydrogens is 345 g/mol. The van der Waals surface area contributed by atoms with Crippen molar-refractivity contribution in [3.8, 4) is 11.3 Å². The third-order valence-electron chi connectivity index (χ3n) is 3.78. The van der Waals surface area contributed by atoms with E-state index < -0.39 is 6.10 Å². The molecule has 0 aliphatic heterocycles. The zero-order chi connectivity index (χ0) is 16.9. The summed E-state index contributed by atoms with van der Waals surface area (Å²) in [6.07, 6.45) is -0.497. The fourth-order valence-electron chi connectivity index (χ4n) is 2.51. The van der Waals surface area contributed by atoms with E-state index in [2.05, 4.69) is 0 Å². The van der Waals surface area contributed by atoms with Crippen LogP contribution in [0.15, 0.2) is 65.1 Å². The molecule has 1 heterocycles. The first kappa shape index (κ1) is 17.1. The van der Waals surface area contributed by atoms with Gasteiger partial charge in [-0.3, -0.25) is 0 Å². The molecule has 3 N–H and O–H groups in total. The van der Waals surface area contributed by atoms with Gasteiger partial charge >= 0.3 is 0 Å². The van der Waals surface area contributed by atoms with E-state index in [0.717, 1.165) is 16.9 Å². The van der Waals surface area contributed by atoms with Crippen LogP contribution in [-0.4, -0.2) is 11.7 Å². The van der Waals surface area contributed by atoms with Crippen LogP contribution in [0.2, 0.25) is 10.0 Å². The standard InChI is InChI=1S/C19H17Cl2NO2/c20-14-6-8-17(21)16(10-14)19-9-7-15(24-19)11-22-12-18(23)13-4-2-1-3-5-13/h1-10,18,22-23H,11-12H2/p+1/t18-/m1/s1. The van der Waals surface area contributed by atoms with Crippen LogP contribution < -0.4 is 5.32 Å². The third-order valence-corrected chi connectivity index (χ3v) is 4.34.